The van der Waals surface area contributed by atoms with E-state index in [0.29, 0.717) is 59.2 Å². The van der Waals surface area contributed by atoms with Crippen LogP contribution in [0.2, 0.25) is 5.02 Å². The largest absolute Gasteiger partial charge is 0.491 e. The van der Waals surface area contributed by atoms with Gasteiger partial charge in [0, 0.05) is 23.6 Å². The number of rotatable bonds is 6. The third kappa shape index (κ3) is 4.38. The van der Waals surface area contributed by atoms with Crippen LogP contribution in [0.4, 0.5) is 0 Å². The second-order valence-electron chi connectivity index (χ2n) is 7.20. The molecule has 0 saturated carbocycles. The number of para-hydroxylation sites is 1. The molecule has 1 aliphatic heterocycles. The average molecular weight is 493 g/mol. The predicted octanol–water partition coefficient (Wildman–Crippen LogP) is 4.66. The van der Waals surface area contributed by atoms with Crippen LogP contribution in [0.5, 0.6) is 5.75 Å². The molecule has 1 atom stereocenters. The molecule has 6 nitrogen and oxygen atoms in total. The summed E-state index contributed by atoms with van der Waals surface area (Å²) < 4.78 is 12.8. The smallest absolute Gasteiger partial charge is 0.307 e. The lowest BCUT2D eigenvalue weighted by atomic mass is 10.1. The number of carboxylic acids is 1. The summed E-state index contributed by atoms with van der Waals surface area (Å²) in [4.78, 5) is 25.7. The van der Waals surface area contributed by atoms with E-state index < -0.39 is 5.97 Å². The molecule has 0 spiro atoms. The van der Waals surface area contributed by atoms with Gasteiger partial charge in [-0.05, 0) is 43.3 Å². The lowest BCUT2D eigenvalue weighted by molar-refractivity contribution is -0.141. The van der Waals surface area contributed by atoms with Gasteiger partial charge in [-0.25, -0.2) is 0 Å². The van der Waals surface area contributed by atoms with Crippen LogP contribution in [0, 0.1) is 5.92 Å². The monoisotopic (exact) mass is 491 g/mol. The van der Waals surface area contributed by atoms with Crippen molar-refractivity contribution >= 4 is 44.5 Å². The van der Waals surface area contributed by atoms with Gasteiger partial charge >= 0.3 is 5.97 Å². The van der Waals surface area contributed by atoms with Crippen LogP contribution < -0.4 is 10.2 Å². The second kappa shape index (κ2) is 8.79. The molecule has 4 rings (SSSR count). The maximum Gasteiger partial charge on any atom is 0.307 e. The number of likely N-dealkylation sites (tertiary alicyclic amines) is 1. The van der Waals surface area contributed by atoms with Crippen molar-refractivity contribution in [2.45, 2.75) is 6.42 Å². The highest BCUT2D eigenvalue weighted by atomic mass is 79.9. The van der Waals surface area contributed by atoms with Crippen LogP contribution >= 0.6 is 27.5 Å². The van der Waals surface area contributed by atoms with Gasteiger partial charge in [-0.2, -0.15) is 0 Å². The van der Waals surface area contributed by atoms with Crippen LogP contribution in [0.25, 0.3) is 22.3 Å². The van der Waals surface area contributed by atoms with Crippen LogP contribution in [0.1, 0.15) is 6.42 Å². The number of ether oxygens (including phenoxy) is 1. The number of halogens is 2. The molecule has 1 N–H and O–H groups in total. The predicted molar refractivity (Wildman–Crippen MR) is 118 cm³/mol. The quantitative estimate of drug-likeness (QED) is 0.539. The molecule has 0 aliphatic carbocycles. The van der Waals surface area contributed by atoms with Crippen LogP contribution in [0.3, 0.4) is 0 Å². The van der Waals surface area contributed by atoms with Crippen molar-refractivity contribution in [3.8, 4) is 17.1 Å². The van der Waals surface area contributed by atoms with E-state index >= 15 is 0 Å². The Labute approximate surface area is 186 Å². The molecule has 1 aliphatic rings. The molecule has 2 aromatic carbocycles. The second-order valence-corrected chi connectivity index (χ2v) is 8.53. The van der Waals surface area contributed by atoms with Gasteiger partial charge in [-0.3, -0.25) is 14.5 Å². The molecular weight excluding hydrogens is 474 g/mol. The Bertz CT molecular complexity index is 1160. The zero-order valence-corrected chi connectivity index (χ0v) is 18.3. The Morgan fingerprint density at radius 2 is 2.13 bits per heavy atom. The first kappa shape index (κ1) is 20.9. The molecule has 0 amide bonds. The molecule has 1 saturated heterocycles. The number of hydrogen-bond acceptors (Lipinski definition) is 5. The van der Waals surface area contributed by atoms with Crippen molar-refractivity contribution in [3.05, 3.63) is 62.2 Å². The Morgan fingerprint density at radius 1 is 1.30 bits per heavy atom. The van der Waals surface area contributed by atoms with Gasteiger partial charge in [0.15, 0.2) is 11.0 Å². The van der Waals surface area contributed by atoms with Gasteiger partial charge in [-0.1, -0.05) is 33.6 Å². The first-order valence-electron chi connectivity index (χ1n) is 9.52. The normalized spacial score (nSPS) is 16.8. The molecule has 156 valence electrons. The van der Waals surface area contributed by atoms with Crippen molar-refractivity contribution < 1.29 is 19.1 Å². The molecule has 1 unspecified atom stereocenters. The maximum absolute atomic E-state index is 12.6. The molecule has 30 heavy (non-hydrogen) atoms. The van der Waals surface area contributed by atoms with E-state index in [4.69, 9.17) is 25.9 Å². The van der Waals surface area contributed by atoms with Crippen molar-refractivity contribution in [3.63, 3.8) is 0 Å². The summed E-state index contributed by atoms with van der Waals surface area (Å²) in [7, 11) is 0. The lowest BCUT2D eigenvalue weighted by Gasteiger charge is -2.17. The fourth-order valence-electron chi connectivity index (χ4n) is 3.62. The van der Waals surface area contributed by atoms with E-state index in [1.54, 1.807) is 18.2 Å². The van der Waals surface area contributed by atoms with Crippen molar-refractivity contribution in [2.24, 2.45) is 5.92 Å². The van der Waals surface area contributed by atoms with Crippen molar-refractivity contribution in [2.75, 3.05) is 26.2 Å². The van der Waals surface area contributed by atoms with Gasteiger partial charge in [0.1, 0.15) is 18.1 Å². The molecule has 8 heteroatoms. The van der Waals surface area contributed by atoms with Gasteiger partial charge in [0.25, 0.3) is 0 Å². The Hall–Kier alpha value is -2.35. The zero-order chi connectivity index (χ0) is 21.3. The van der Waals surface area contributed by atoms with Crippen LogP contribution in [-0.4, -0.2) is 42.2 Å². The number of carbonyl (C=O) groups is 1. The minimum atomic E-state index is -0.752. The Morgan fingerprint density at radius 3 is 2.90 bits per heavy atom. The van der Waals surface area contributed by atoms with Gasteiger partial charge in [0.05, 0.1) is 21.9 Å². The number of carboxylic acid groups (broad SMARTS) is 1. The van der Waals surface area contributed by atoms with Gasteiger partial charge in [0.2, 0.25) is 0 Å². The minimum absolute atomic E-state index is 0.181. The topological polar surface area (TPSA) is 80.0 Å². The molecule has 0 bridgehead atoms. The van der Waals surface area contributed by atoms with Crippen molar-refractivity contribution in [1.29, 1.82) is 0 Å². The zero-order valence-electron chi connectivity index (χ0n) is 15.9. The highest BCUT2D eigenvalue weighted by Crippen LogP contribution is 2.34. The summed E-state index contributed by atoms with van der Waals surface area (Å²) in [5.41, 5.74) is 0.800. The average Bonchev–Trinajstić information content (AvgIpc) is 3.18. The molecule has 1 aromatic heterocycles. The van der Waals surface area contributed by atoms with Gasteiger partial charge < -0.3 is 14.3 Å². The summed E-state index contributed by atoms with van der Waals surface area (Å²) in [5, 5.41) is 9.93. The summed E-state index contributed by atoms with van der Waals surface area (Å²) >= 11 is 9.67. The van der Waals surface area contributed by atoms with E-state index in [1.807, 2.05) is 18.2 Å². The summed E-state index contributed by atoms with van der Waals surface area (Å²) in [6.07, 6.45) is 0.653. The Balaban J connectivity index is 1.57. The third-order valence-corrected chi connectivity index (χ3v) is 5.99. The standard InChI is InChI=1S/C22H19BrClNO5/c23-14-4-5-16(20-11-18(26)15-2-1-3-17(24)21(15)30-20)19(10-14)29-9-8-25-7-6-13(12-25)22(27)28/h1-5,10-11,13H,6-9,12H2,(H,27,28). The lowest BCUT2D eigenvalue weighted by Crippen LogP contribution is -2.27. The van der Waals surface area contributed by atoms with Crippen LogP contribution in [0.15, 0.2) is 56.1 Å². The van der Waals surface area contributed by atoms with Crippen LogP contribution in [-0.2, 0) is 4.79 Å². The summed E-state index contributed by atoms with van der Waals surface area (Å²) in [5.74, 6) is -0.135. The van der Waals surface area contributed by atoms with E-state index in [2.05, 4.69) is 20.8 Å². The number of nitrogens with zero attached hydrogens (tertiary/aromatic N) is 1. The molecule has 0 radical (unpaired) electrons. The first-order valence-corrected chi connectivity index (χ1v) is 10.7. The fourth-order valence-corrected chi connectivity index (χ4v) is 4.17. The maximum atomic E-state index is 12.6. The van der Waals surface area contributed by atoms with E-state index in [0.717, 1.165) is 11.0 Å². The molecule has 1 fully saturated rings. The van der Waals surface area contributed by atoms with Gasteiger partial charge in [-0.15, -0.1) is 0 Å². The minimum Gasteiger partial charge on any atom is -0.491 e. The molecule has 3 aromatic rings. The summed E-state index contributed by atoms with van der Waals surface area (Å²) in [6.45, 7) is 2.27. The summed E-state index contributed by atoms with van der Waals surface area (Å²) in [6, 6.07) is 12.0. The SMILES string of the molecule is O=C(O)C1CCN(CCOc2cc(Br)ccc2-c2cc(=O)c3cccc(Cl)c3o2)C1. The number of fused-ring (bicyclic) bond motifs is 1. The number of aliphatic carboxylic acids is 1. The molecule has 2 heterocycles. The Kier molecular flexibility index (Phi) is 6.13. The molecular formula is C22H19BrClNO5. The first-order chi connectivity index (χ1) is 14.4. The highest BCUT2D eigenvalue weighted by Gasteiger charge is 2.27. The number of benzene rings is 2. The third-order valence-electron chi connectivity index (χ3n) is 5.20. The van der Waals surface area contributed by atoms with E-state index in [1.165, 1.54) is 6.07 Å². The highest BCUT2D eigenvalue weighted by molar-refractivity contribution is 9.10. The van der Waals surface area contributed by atoms with E-state index in [-0.39, 0.29) is 11.3 Å². The van der Waals surface area contributed by atoms with Crippen molar-refractivity contribution in [1.82, 2.24) is 4.90 Å². The fraction of sp³-hybridized carbons (Fsp3) is 0.273. The van der Waals surface area contributed by atoms with E-state index in [9.17, 15) is 9.59 Å². The number of hydrogen-bond donors (Lipinski definition) is 1.